The topological polar surface area (TPSA) is 29.3 Å². The summed E-state index contributed by atoms with van der Waals surface area (Å²) in [6.45, 7) is 1.59. The second-order valence-corrected chi connectivity index (χ2v) is 6.00. The van der Waals surface area contributed by atoms with Crippen LogP contribution in [0.15, 0.2) is 24.3 Å². The molecule has 1 aromatic carbocycles. The lowest BCUT2D eigenvalue weighted by Gasteiger charge is -2.34. The number of hydrogen-bond donors (Lipinski definition) is 1. The average molecular weight is 264 g/mol. The van der Waals surface area contributed by atoms with Crippen LogP contribution in [0.25, 0.3) is 0 Å². The Balaban J connectivity index is 1.81. The molecule has 0 saturated heterocycles. The van der Waals surface area contributed by atoms with Crippen LogP contribution in [0.3, 0.4) is 0 Å². The van der Waals surface area contributed by atoms with E-state index in [0.717, 1.165) is 31.4 Å². The van der Waals surface area contributed by atoms with E-state index in [4.69, 9.17) is 5.73 Å². The monoisotopic (exact) mass is 264 g/mol. The van der Waals surface area contributed by atoms with Crippen molar-refractivity contribution in [1.29, 1.82) is 0 Å². The van der Waals surface area contributed by atoms with Crippen LogP contribution in [0.1, 0.15) is 44.1 Å². The lowest BCUT2D eigenvalue weighted by atomic mass is 9.80. The van der Waals surface area contributed by atoms with Gasteiger partial charge in [-0.1, -0.05) is 37.5 Å². The average Bonchev–Trinajstić information content (AvgIpc) is 2.40. The standard InChI is InChI=1S/C16H25FN2/c1-19(13-14-7-3-4-8-15(14)17)12-11-16(18)9-5-2-6-10-16/h3-4,7-8H,2,5-6,9-13,18H2,1H3. The van der Waals surface area contributed by atoms with Crippen molar-refractivity contribution in [3.8, 4) is 0 Å². The molecule has 2 N–H and O–H groups in total. The number of halogens is 1. The van der Waals surface area contributed by atoms with Gasteiger partial charge >= 0.3 is 0 Å². The van der Waals surface area contributed by atoms with Crippen LogP contribution in [0.4, 0.5) is 4.39 Å². The normalized spacial score (nSPS) is 18.7. The minimum Gasteiger partial charge on any atom is -0.325 e. The van der Waals surface area contributed by atoms with Crippen LogP contribution in [-0.2, 0) is 6.54 Å². The Kier molecular flexibility index (Phi) is 4.94. The summed E-state index contributed by atoms with van der Waals surface area (Å²) in [6.07, 6.45) is 7.13. The molecule has 0 bridgehead atoms. The van der Waals surface area contributed by atoms with Gasteiger partial charge < -0.3 is 10.6 Å². The Morgan fingerprint density at radius 2 is 1.89 bits per heavy atom. The van der Waals surface area contributed by atoms with E-state index in [0.29, 0.717) is 6.54 Å². The van der Waals surface area contributed by atoms with Crippen molar-refractivity contribution in [2.75, 3.05) is 13.6 Å². The molecular formula is C16H25FN2. The van der Waals surface area contributed by atoms with Crippen molar-refractivity contribution in [2.24, 2.45) is 5.73 Å². The molecule has 2 nitrogen and oxygen atoms in total. The van der Waals surface area contributed by atoms with Crippen molar-refractivity contribution in [1.82, 2.24) is 4.90 Å². The number of benzene rings is 1. The summed E-state index contributed by atoms with van der Waals surface area (Å²) in [5.41, 5.74) is 7.21. The number of hydrogen-bond acceptors (Lipinski definition) is 2. The van der Waals surface area contributed by atoms with Gasteiger partial charge in [0.15, 0.2) is 0 Å². The zero-order valence-electron chi connectivity index (χ0n) is 11.9. The molecule has 1 fully saturated rings. The van der Waals surface area contributed by atoms with Crippen LogP contribution in [-0.4, -0.2) is 24.0 Å². The molecule has 2 rings (SSSR count). The molecular weight excluding hydrogens is 239 g/mol. The van der Waals surface area contributed by atoms with Gasteiger partial charge in [0.2, 0.25) is 0 Å². The van der Waals surface area contributed by atoms with E-state index in [-0.39, 0.29) is 11.4 Å². The summed E-state index contributed by atoms with van der Waals surface area (Å²) in [6, 6.07) is 6.99. The van der Waals surface area contributed by atoms with Crippen molar-refractivity contribution in [3.63, 3.8) is 0 Å². The fourth-order valence-electron chi connectivity index (χ4n) is 2.92. The molecule has 1 aliphatic carbocycles. The van der Waals surface area contributed by atoms with Gasteiger partial charge in [-0.3, -0.25) is 0 Å². The van der Waals surface area contributed by atoms with Crippen molar-refractivity contribution < 1.29 is 4.39 Å². The molecule has 3 heteroatoms. The summed E-state index contributed by atoms with van der Waals surface area (Å²) in [4.78, 5) is 2.17. The summed E-state index contributed by atoms with van der Waals surface area (Å²) in [5, 5.41) is 0. The molecule has 0 atom stereocenters. The number of rotatable bonds is 5. The molecule has 1 aromatic rings. The van der Waals surface area contributed by atoms with E-state index in [9.17, 15) is 4.39 Å². The van der Waals surface area contributed by atoms with E-state index < -0.39 is 0 Å². The van der Waals surface area contributed by atoms with Gasteiger partial charge in [0.25, 0.3) is 0 Å². The smallest absolute Gasteiger partial charge is 0.127 e. The number of nitrogens with zero attached hydrogens (tertiary/aromatic N) is 1. The van der Waals surface area contributed by atoms with E-state index in [1.807, 2.05) is 19.2 Å². The maximum atomic E-state index is 13.6. The third kappa shape index (κ3) is 4.29. The maximum Gasteiger partial charge on any atom is 0.127 e. The van der Waals surface area contributed by atoms with Gasteiger partial charge in [0.1, 0.15) is 5.82 Å². The minimum absolute atomic E-state index is 0.0156. The van der Waals surface area contributed by atoms with E-state index in [1.165, 1.54) is 25.3 Å². The Labute approximate surface area is 115 Å². The van der Waals surface area contributed by atoms with E-state index in [1.54, 1.807) is 6.07 Å². The maximum absolute atomic E-state index is 13.6. The highest BCUT2D eigenvalue weighted by molar-refractivity contribution is 5.16. The second kappa shape index (κ2) is 6.49. The van der Waals surface area contributed by atoms with E-state index in [2.05, 4.69) is 4.90 Å². The van der Waals surface area contributed by atoms with Crippen LogP contribution < -0.4 is 5.73 Å². The first-order valence-electron chi connectivity index (χ1n) is 7.30. The zero-order valence-corrected chi connectivity index (χ0v) is 11.9. The van der Waals surface area contributed by atoms with Gasteiger partial charge in [-0.05, 0) is 38.9 Å². The highest BCUT2D eigenvalue weighted by Crippen LogP contribution is 2.28. The first-order valence-corrected chi connectivity index (χ1v) is 7.30. The Morgan fingerprint density at radius 1 is 1.21 bits per heavy atom. The molecule has 0 aromatic heterocycles. The fourth-order valence-corrected chi connectivity index (χ4v) is 2.92. The third-order valence-electron chi connectivity index (χ3n) is 4.24. The summed E-state index contributed by atoms with van der Waals surface area (Å²) < 4.78 is 13.6. The molecule has 106 valence electrons. The van der Waals surface area contributed by atoms with Crippen LogP contribution in [0.5, 0.6) is 0 Å². The number of nitrogens with two attached hydrogens (primary N) is 1. The predicted octanol–water partition coefficient (Wildman–Crippen LogP) is 3.31. The molecule has 1 saturated carbocycles. The van der Waals surface area contributed by atoms with Gasteiger partial charge in [0.05, 0.1) is 0 Å². The van der Waals surface area contributed by atoms with Crippen LogP contribution in [0.2, 0.25) is 0 Å². The van der Waals surface area contributed by atoms with Gasteiger partial charge in [-0.25, -0.2) is 4.39 Å². The molecule has 1 aliphatic rings. The lowest BCUT2D eigenvalue weighted by molar-refractivity contribution is 0.225. The molecule has 0 heterocycles. The summed E-state index contributed by atoms with van der Waals surface area (Å²) in [5.74, 6) is -0.116. The molecule has 0 spiro atoms. The first-order chi connectivity index (χ1) is 9.09. The summed E-state index contributed by atoms with van der Waals surface area (Å²) in [7, 11) is 2.04. The molecule has 19 heavy (non-hydrogen) atoms. The van der Waals surface area contributed by atoms with Crippen molar-refractivity contribution in [3.05, 3.63) is 35.6 Å². The molecule has 0 amide bonds. The second-order valence-electron chi connectivity index (χ2n) is 6.00. The Morgan fingerprint density at radius 3 is 2.58 bits per heavy atom. The Bertz CT molecular complexity index is 399. The Hall–Kier alpha value is -0.930. The molecule has 0 radical (unpaired) electrons. The van der Waals surface area contributed by atoms with Crippen LogP contribution >= 0.6 is 0 Å². The minimum atomic E-state index is -0.116. The summed E-state index contributed by atoms with van der Waals surface area (Å²) >= 11 is 0. The van der Waals surface area contributed by atoms with Crippen LogP contribution in [0, 0.1) is 5.82 Å². The molecule has 0 aliphatic heterocycles. The van der Waals surface area contributed by atoms with Crippen molar-refractivity contribution in [2.45, 2.75) is 50.6 Å². The SMILES string of the molecule is CN(CCC1(N)CCCCC1)Cc1ccccc1F. The van der Waals surface area contributed by atoms with Gasteiger partial charge in [0, 0.05) is 17.6 Å². The fraction of sp³-hybridized carbons (Fsp3) is 0.625. The van der Waals surface area contributed by atoms with Crippen molar-refractivity contribution >= 4 is 0 Å². The zero-order chi connectivity index (χ0) is 13.7. The quantitative estimate of drug-likeness (QED) is 0.884. The van der Waals surface area contributed by atoms with Gasteiger partial charge in [-0.2, -0.15) is 0 Å². The lowest BCUT2D eigenvalue weighted by Crippen LogP contribution is -2.44. The largest absolute Gasteiger partial charge is 0.325 e. The molecule has 0 unspecified atom stereocenters. The van der Waals surface area contributed by atoms with Gasteiger partial charge in [-0.15, -0.1) is 0 Å². The highest BCUT2D eigenvalue weighted by Gasteiger charge is 2.27. The van der Waals surface area contributed by atoms with E-state index >= 15 is 0 Å². The third-order valence-corrected chi connectivity index (χ3v) is 4.24. The predicted molar refractivity (Wildman–Crippen MR) is 77.4 cm³/mol. The highest BCUT2D eigenvalue weighted by atomic mass is 19.1. The first kappa shape index (κ1) is 14.5.